The molecule has 80 valence electrons. The van der Waals surface area contributed by atoms with Gasteiger partial charge in [0.15, 0.2) is 0 Å². The lowest BCUT2D eigenvalue weighted by molar-refractivity contribution is 0.0913. The predicted octanol–water partition coefficient (Wildman–Crippen LogP) is 2.87. The van der Waals surface area contributed by atoms with Gasteiger partial charge >= 0.3 is 0 Å². The van der Waals surface area contributed by atoms with Crippen molar-refractivity contribution in [3.8, 4) is 0 Å². The molecule has 1 fully saturated rings. The van der Waals surface area contributed by atoms with Crippen LogP contribution in [0.4, 0.5) is 4.39 Å². The van der Waals surface area contributed by atoms with E-state index in [1.165, 1.54) is 12.1 Å². The number of hydrogen-bond acceptors (Lipinski definition) is 1. The maximum absolute atomic E-state index is 13.4. The highest BCUT2D eigenvalue weighted by Crippen LogP contribution is 2.20. The van der Waals surface area contributed by atoms with Crippen molar-refractivity contribution >= 4 is 21.8 Å². The van der Waals surface area contributed by atoms with Crippen LogP contribution in [-0.2, 0) is 0 Å². The monoisotopic (exact) mass is 271 g/mol. The summed E-state index contributed by atoms with van der Waals surface area (Å²) in [5.74, 6) is -0.800. The molecular formula is C11H11BrFNO. The molecule has 2 rings (SSSR count). The highest BCUT2D eigenvalue weighted by molar-refractivity contribution is 9.10. The Bertz CT molecular complexity index is 390. The van der Waals surface area contributed by atoms with E-state index in [9.17, 15) is 9.18 Å². The smallest absolute Gasteiger partial charge is 0.254 e. The van der Waals surface area contributed by atoms with Crippen LogP contribution in [0.1, 0.15) is 29.6 Å². The average molecular weight is 272 g/mol. The second kappa shape index (κ2) is 4.31. The summed E-state index contributed by atoms with van der Waals surface area (Å²) in [5.41, 5.74) is 0.116. The van der Waals surface area contributed by atoms with E-state index in [0.29, 0.717) is 4.47 Å². The van der Waals surface area contributed by atoms with Gasteiger partial charge in [-0.15, -0.1) is 0 Å². The van der Waals surface area contributed by atoms with Gasteiger partial charge in [0.25, 0.3) is 5.91 Å². The van der Waals surface area contributed by atoms with Crippen molar-refractivity contribution in [3.63, 3.8) is 0 Å². The molecule has 0 atom stereocenters. The van der Waals surface area contributed by atoms with Crippen LogP contribution in [0.5, 0.6) is 0 Å². The lowest BCUT2D eigenvalue weighted by Gasteiger charge is -2.26. The van der Waals surface area contributed by atoms with Crippen molar-refractivity contribution < 1.29 is 9.18 Å². The van der Waals surface area contributed by atoms with Crippen LogP contribution in [0.3, 0.4) is 0 Å². The standard InChI is InChI=1S/C11H11BrFNO/c12-7-4-5-9(10(13)6-7)11(15)14-8-2-1-3-8/h4-6,8H,1-3H2,(H,14,15). The van der Waals surface area contributed by atoms with Gasteiger partial charge in [0.1, 0.15) is 5.82 Å². The predicted molar refractivity (Wildman–Crippen MR) is 59.2 cm³/mol. The Hall–Kier alpha value is -0.900. The van der Waals surface area contributed by atoms with Crippen molar-refractivity contribution in [2.24, 2.45) is 0 Å². The lowest BCUT2D eigenvalue weighted by Crippen LogP contribution is -2.39. The molecule has 2 nitrogen and oxygen atoms in total. The van der Waals surface area contributed by atoms with E-state index in [0.717, 1.165) is 19.3 Å². The molecular weight excluding hydrogens is 261 g/mol. The van der Waals surface area contributed by atoms with Crippen LogP contribution in [-0.4, -0.2) is 11.9 Å². The highest BCUT2D eigenvalue weighted by atomic mass is 79.9. The van der Waals surface area contributed by atoms with Gasteiger partial charge in [-0.3, -0.25) is 4.79 Å². The number of carbonyl (C=O) groups excluding carboxylic acids is 1. The number of amides is 1. The van der Waals surface area contributed by atoms with Crippen LogP contribution < -0.4 is 5.32 Å². The Morgan fingerprint density at radius 2 is 2.20 bits per heavy atom. The minimum Gasteiger partial charge on any atom is -0.349 e. The third kappa shape index (κ3) is 2.37. The minimum atomic E-state index is -0.485. The zero-order chi connectivity index (χ0) is 10.8. The molecule has 1 amide bonds. The molecule has 0 bridgehead atoms. The Morgan fingerprint density at radius 1 is 1.47 bits per heavy atom. The Balaban J connectivity index is 2.10. The van der Waals surface area contributed by atoms with E-state index < -0.39 is 5.82 Å². The minimum absolute atomic E-state index is 0.116. The zero-order valence-electron chi connectivity index (χ0n) is 8.09. The number of nitrogens with one attached hydrogen (secondary N) is 1. The van der Waals surface area contributed by atoms with Gasteiger partial charge in [0.05, 0.1) is 5.56 Å². The molecule has 0 aromatic heterocycles. The third-order valence-electron chi connectivity index (χ3n) is 2.62. The molecule has 1 aromatic carbocycles. The van der Waals surface area contributed by atoms with Gasteiger partial charge in [-0.05, 0) is 37.5 Å². The highest BCUT2D eigenvalue weighted by Gasteiger charge is 2.21. The molecule has 0 aliphatic heterocycles. The SMILES string of the molecule is O=C(NC1CCC1)c1ccc(Br)cc1F. The number of hydrogen-bond donors (Lipinski definition) is 1. The molecule has 1 aromatic rings. The summed E-state index contributed by atoms with van der Waals surface area (Å²) >= 11 is 3.15. The van der Waals surface area contributed by atoms with Crippen molar-refractivity contribution in [2.75, 3.05) is 0 Å². The Morgan fingerprint density at radius 3 is 2.73 bits per heavy atom. The summed E-state index contributed by atoms with van der Waals surface area (Å²) in [5, 5.41) is 2.80. The fraction of sp³-hybridized carbons (Fsp3) is 0.364. The maximum atomic E-state index is 13.4. The van der Waals surface area contributed by atoms with Crippen LogP contribution in [0.25, 0.3) is 0 Å². The molecule has 0 unspecified atom stereocenters. The molecule has 0 saturated heterocycles. The molecule has 0 spiro atoms. The first-order valence-electron chi connectivity index (χ1n) is 4.93. The van der Waals surface area contributed by atoms with Crippen molar-refractivity contribution in [3.05, 3.63) is 34.1 Å². The van der Waals surface area contributed by atoms with Gasteiger partial charge < -0.3 is 5.32 Å². The summed E-state index contributed by atoms with van der Waals surface area (Å²) in [6.45, 7) is 0. The van der Waals surface area contributed by atoms with Crippen LogP contribution in [0.2, 0.25) is 0 Å². The molecule has 1 aliphatic rings. The Labute approximate surface area is 96.0 Å². The third-order valence-corrected chi connectivity index (χ3v) is 3.11. The van der Waals surface area contributed by atoms with Gasteiger partial charge in [0.2, 0.25) is 0 Å². The molecule has 1 saturated carbocycles. The molecule has 15 heavy (non-hydrogen) atoms. The summed E-state index contributed by atoms with van der Waals surface area (Å²) in [6, 6.07) is 4.70. The zero-order valence-corrected chi connectivity index (χ0v) is 9.68. The summed E-state index contributed by atoms with van der Waals surface area (Å²) in [4.78, 5) is 11.6. The van der Waals surface area contributed by atoms with Gasteiger partial charge in [-0.2, -0.15) is 0 Å². The number of benzene rings is 1. The van der Waals surface area contributed by atoms with E-state index in [4.69, 9.17) is 0 Å². The number of halogens is 2. The van der Waals surface area contributed by atoms with Crippen LogP contribution >= 0.6 is 15.9 Å². The van der Waals surface area contributed by atoms with E-state index >= 15 is 0 Å². The summed E-state index contributed by atoms with van der Waals surface area (Å²) in [7, 11) is 0. The molecule has 1 N–H and O–H groups in total. The summed E-state index contributed by atoms with van der Waals surface area (Å²) in [6.07, 6.45) is 3.15. The number of carbonyl (C=O) groups is 1. The second-order valence-electron chi connectivity index (χ2n) is 3.73. The quantitative estimate of drug-likeness (QED) is 0.881. The van der Waals surface area contributed by atoms with E-state index in [2.05, 4.69) is 21.2 Å². The van der Waals surface area contributed by atoms with E-state index in [-0.39, 0.29) is 17.5 Å². The molecule has 0 radical (unpaired) electrons. The number of rotatable bonds is 2. The largest absolute Gasteiger partial charge is 0.349 e. The fourth-order valence-corrected chi connectivity index (χ4v) is 1.82. The molecule has 4 heteroatoms. The lowest BCUT2D eigenvalue weighted by atomic mass is 9.93. The van der Waals surface area contributed by atoms with Gasteiger partial charge in [-0.25, -0.2) is 4.39 Å². The second-order valence-corrected chi connectivity index (χ2v) is 4.64. The van der Waals surface area contributed by atoms with E-state index in [1.807, 2.05) is 0 Å². The average Bonchev–Trinajstić information content (AvgIpc) is 2.11. The van der Waals surface area contributed by atoms with E-state index in [1.54, 1.807) is 6.07 Å². The first-order chi connectivity index (χ1) is 7.16. The molecule has 1 aliphatic carbocycles. The normalized spacial score (nSPS) is 15.9. The fourth-order valence-electron chi connectivity index (χ4n) is 1.49. The Kier molecular flexibility index (Phi) is 3.05. The first-order valence-corrected chi connectivity index (χ1v) is 5.72. The topological polar surface area (TPSA) is 29.1 Å². The van der Waals surface area contributed by atoms with Crippen molar-refractivity contribution in [1.29, 1.82) is 0 Å². The molecule has 0 heterocycles. The summed E-state index contributed by atoms with van der Waals surface area (Å²) < 4.78 is 14.0. The van der Waals surface area contributed by atoms with Crippen molar-refractivity contribution in [2.45, 2.75) is 25.3 Å². The first kappa shape index (κ1) is 10.6. The van der Waals surface area contributed by atoms with Crippen LogP contribution in [0, 0.1) is 5.82 Å². The van der Waals surface area contributed by atoms with Gasteiger partial charge in [0, 0.05) is 10.5 Å². The maximum Gasteiger partial charge on any atom is 0.254 e. The van der Waals surface area contributed by atoms with Gasteiger partial charge in [-0.1, -0.05) is 15.9 Å². The van der Waals surface area contributed by atoms with Crippen molar-refractivity contribution in [1.82, 2.24) is 5.32 Å². The van der Waals surface area contributed by atoms with Crippen LogP contribution in [0.15, 0.2) is 22.7 Å².